The second-order valence-corrected chi connectivity index (χ2v) is 5.88. The molecular weight excluding hydrogens is 239 g/mol. The summed E-state index contributed by atoms with van der Waals surface area (Å²) in [5.74, 6) is -1.48. The summed E-state index contributed by atoms with van der Waals surface area (Å²) >= 11 is 0. The van der Waals surface area contributed by atoms with E-state index in [1.807, 2.05) is 6.92 Å². The van der Waals surface area contributed by atoms with Gasteiger partial charge in [0.05, 0.1) is 6.10 Å². The van der Waals surface area contributed by atoms with Gasteiger partial charge in [0, 0.05) is 0 Å². The molecule has 0 saturated carbocycles. The normalized spacial score (nSPS) is 18.4. The maximum Gasteiger partial charge on any atom is 0.361 e. The van der Waals surface area contributed by atoms with E-state index in [0.717, 1.165) is 6.42 Å². The Balaban J connectivity index is 2.73. The van der Waals surface area contributed by atoms with Crippen LogP contribution in [-0.2, 0) is 9.09 Å². The number of benzene rings is 1. The molecule has 0 aliphatic carbocycles. The van der Waals surface area contributed by atoms with Gasteiger partial charge in [0.1, 0.15) is 0 Å². The van der Waals surface area contributed by atoms with Crippen molar-refractivity contribution in [3.63, 3.8) is 0 Å². The molecule has 0 spiro atoms. The molecule has 0 aromatic heterocycles. The van der Waals surface area contributed by atoms with E-state index in [1.54, 1.807) is 37.3 Å². The second-order valence-electron chi connectivity index (χ2n) is 4.05. The lowest BCUT2D eigenvalue weighted by Crippen LogP contribution is -2.10. The Bertz CT molecular complexity index is 379. The summed E-state index contributed by atoms with van der Waals surface area (Å²) in [4.78, 5) is 9.72. The van der Waals surface area contributed by atoms with Crippen molar-refractivity contribution in [3.05, 3.63) is 35.9 Å². The van der Waals surface area contributed by atoms with E-state index in [4.69, 9.17) is 4.52 Å². The average Bonchev–Trinajstić information content (AvgIpc) is 2.28. The molecule has 96 valence electrons. The van der Waals surface area contributed by atoms with Gasteiger partial charge in [-0.1, -0.05) is 43.7 Å². The molecule has 0 heterocycles. The van der Waals surface area contributed by atoms with Gasteiger partial charge in [-0.3, -0.25) is 4.57 Å². The summed E-state index contributed by atoms with van der Waals surface area (Å²) in [7, 11) is -4.04. The van der Waals surface area contributed by atoms with Crippen LogP contribution in [0, 0.1) is 0 Å². The first-order valence-corrected chi connectivity index (χ1v) is 7.36. The largest absolute Gasteiger partial charge is 0.376 e. The van der Waals surface area contributed by atoms with Crippen LogP contribution in [-0.4, -0.2) is 16.1 Å². The monoisotopic (exact) mass is 258 g/mol. The van der Waals surface area contributed by atoms with Gasteiger partial charge in [-0.05, 0) is 18.9 Å². The first-order chi connectivity index (χ1) is 7.97. The van der Waals surface area contributed by atoms with Gasteiger partial charge in [-0.15, -0.1) is 0 Å². The number of rotatable bonds is 6. The molecule has 3 atom stereocenters. The third-order valence-electron chi connectivity index (χ3n) is 2.43. The van der Waals surface area contributed by atoms with E-state index in [-0.39, 0.29) is 6.10 Å². The van der Waals surface area contributed by atoms with Crippen LogP contribution in [0.2, 0.25) is 0 Å². The molecule has 0 bridgehead atoms. The van der Waals surface area contributed by atoms with Gasteiger partial charge in [0.25, 0.3) is 0 Å². The Morgan fingerprint density at radius 2 is 1.94 bits per heavy atom. The zero-order valence-corrected chi connectivity index (χ0v) is 11.0. The summed E-state index contributed by atoms with van der Waals surface area (Å²) < 4.78 is 16.9. The van der Waals surface area contributed by atoms with Crippen molar-refractivity contribution in [3.8, 4) is 0 Å². The molecule has 0 saturated heterocycles. The minimum absolute atomic E-state index is 0.339. The summed E-state index contributed by atoms with van der Waals surface area (Å²) in [5, 5.41) is 9.83. The molecule has 0 fully saturated rings. The Morgan fingerprint density at radius 3 is 2.47 bits per heavy atom. The highest BCUT2D eigenvalue weighted by atomic mass is 31.2. The van der Waals surface area contributed by atoms with Crippen LogP contribution in [0.1, 0.15) is 38.1 Å². The summed E-state index contributed by atoms with van der Waals surface area (Å²) in [6.45, 7) is 3.69. The van der Waals surface area contributed by atoms with E-state index < -0.39 is 13.4 Å². The fourth-order valence-electron chi connectivity index (χ4n) is 1.59. The van der Waals surface area contributed by atoms with Crippen molar-refractivity contribution in [2.24, 2.45) is 0 Å². The van der Waals surface area contributed by atoms with E-state index >= 15 is 0 Å². The molecular formula is C12H19O4P. The first-order valence-electron chi connectivity index (χ1n) is 5.71. The maximum atomic E-state index is 11.9. The SMILES string of the molecule is CCCC(C)OP(=O)(O)C(O)c1ccccc1. The zero-order chi connectivity index (χ0) is 12.9. The fourth-order valence-corrected chi connectivity index (χ4v) is 2.87. The molecule has 5 heteroatoms. The Labute approximate surface area is 102 Å². The van der Waals surface area contributed by atoms with Gasteiger partial charge in [-0.25, -0.2) is 0 Å². The summed E-state index contributed by atoms with van der Waals surface area (Å²) in [6.07, 6.45) is 1.21. The van der Waals surface area contributed by atoms with Gasteiger partial charge in [-0.2, -0.15) is 0 Å². The predicted molar refractivity (Wildman–Crippen MR) is 66.7 cm³/mol. The highest BCUT2D eigenvalue weighted by Crippen LogP contribution is 2.55. The number of aliphatic hydroxyl groups excluding tert-OH is 1. The zero-order valence-electron chi connectivity index (χ0n) is 10.1. The van der Waals surface area contributed by atoms with Gasteiger partial charge in [0.15, 0.2) is 5.85 Å². The minimum atomic E-state index is -4.04. The van der Waals surface area contributed by atoms with Gasteiger partial charge >= 0.3 is 7.60 Å². The van der Waals surface area contributed by atoms with Crippen molar-refractivity contribution < 1.29 is 19.1 Å². The van der Waals surface area contributed by atoms with Crippen molar-refractivity contribution in [1.29, 1.82) is 0 Å². The molecule has 17 heavy (non-hydrogen) atoms. The molecule has 1 rings (SSSR count). The van der Waals surface area contributed by atoms with E-state index in [0.29, 0.717) is 12.0 Å². The third kappa shape index (κ3) is 4.25. The fraction of sp³-hybridized carbons (Fsp3) is 0.500. The topological polar surface area (TPSA) is 66.8 Å². The lowest BCUT2D eigenvalue weighted by Gasteiger charge is -2.21. The van der Waals surface area contributed by atoms with E-state index in [9.17, 15) is 14.6 Å². The van der Waals surface area contributed by atoms with Crippen molar-refractivity contribution in [1.82, 2.24) is 0 Å². The smallest absolute Gasteiger partial charge is 0.361 e. The Hall–Kier alpha value is -0.670. The lowest BCUT2D eigenvalue weighted by atomic mass is 10.2. The molecule has 3 unspecified atom stereocenters. The molecule has 0 radical (unpaired) electrons. The van der Waals surface area contributed by atoms with Crippen molar-refractivity contribution >= 4 is 7.60 Å². The summed E-state index contributed by atoms with van der Waals surface area (Å²) in [6, 6.07) is 8.38. The standard InChI is InChI=1S/C12H19O4P/c1-3-7-10(2)16-17(14,15)12(13)11-8-5-4-6-9-11/h4-6,8-10,12-13H,3,7H2,1-2H3,(H,14,15). The highest BCUT2D eigenvalue weighted by molar-refractivity contribution is 7.53. The van der Waals surface area contributed by atoms with Crippen LogP contribution >= 0.6 is 7.60 Å². The van der Waals surface area contributed by atoms with Crippen LogP contribution in [0.25, 0.3) is 0 Å². The summed E-state index contributed by atoms with van der Waals surface area (Å²) in [5.41, 5.74) is 0.391. The molecule has 0 amide bonds. The quantitative estimate of drug-likeness (QED) is 0.769. The predicted octanol–water partition coefficient (Wildman–Crippen LogP) is 3.07. The van der Waals surface area contributed by atoms with Crippen LogP contribution in [0.3, 0.4) is 0 Å². The number of hydrogen-bond acceptors (Lipinski definition) is 3. The number of aliphatic hydroxyl groups is 1. The van der Waals surface area contributed by atoms with E-state index in [2.05, 4.69) is 0 Å². The molecule has 1 aromatic rings. The van der Waals surface area contributed by atoms with Gasteiger partial charge < -0.3 is 14.5 Å². The number of hydrogen-bond donors (Lipinski definition) is 2. The van der Waals surface area contributed by atoms with Gasteiger partial charge in [0.2, 0.25) is 0 Å². The highest BCUT2D eigenvalue weighted by Gasteiger charge is 2.33. The first kappa shape index (κ1) is 14.4. The lowest BCUT2D eigenvalue weighted by molar-refractivity contribution is 0.134. The maximum absolute atomic E-state index is 11.9. The Morgan fingerprint density at radius 1 is 1.35 bits per heavy atom. The molecule has 0 aliphatic rings. The molecule has 4 nitrogen and oxygen atoms in total. The Kier molecular flexibility index (Phi) is 5.34. The average molecular weight is 258 g/mol. The van der Waals surface area contributed by atoms with Crippen LogP contribution in [0.15, 0.2) is 30.3 Å². The van der Waals surface area contributed by atoms with E-state index in [1.165, 1.54) is 0 Å². The minimum Gasteiger partial charge on any atom is -0.376 e. The third-order valence-corrected chi connectivity index (χ3v) is 4.01. The molecule has 2 N–H and O–H groups in total. The van der Waals surface area contributed by atoms with Crippen LogP contribution in [0.5, 0.6) is 0 Å². The van der Waals surface area contributed by atoms with Crippen LogP contribution < -0.4 is 0 Å². The van der Waals surface area contributed by atoms with Crippen molar-refractivity contribution in [2.75, 3.05) is 0 Å². The second kappa shape index (κ2) is 6.31. The van der Waals surface area contributed by atoms with Crippen molar-refractivity contribution in [2.45, 2.75) is 38.6 Å². The van der Waals surface area contributed by atoms with Crippen LogP contribution in [0.4, 0.5) is 0 Å². The molecule has 1 aromatic carbocycles. The molecule has 0 aliphatic heterocycles.